The first kappa shape index (κ1) is 12.9. The standard InChI is InChI=1S/C23H18/c1-2-5-16(6-3-1)9-10-17-13-20-12-11-18-7-4-8-19-15-21(14-17)23(20)22(18)19/h1-10,13-14H,11-12,15H2/b10-9+. The van der Waals surface area contributed by atoms with Crippen LogP contribution in [0.2, 0.25) is 0 Å². The molecule has 0 saturated carbocycles. The molecule has 0 nitrogen and oxygen atoms in total. The Kier molecular flexibility index (Phi) is 2.78. The minimum atomic E-state index is 1.10. The lowest BCUT2D eigenvalue weighted by molar-refractivity contribution is 0.943. The third-order valence-electron chi connectivity index (χ3n) is 5.12. The predicted molar refractivity (Wildman–Crippen MR) is 97.5 cm³/mol. The lowest BCUT2D eigenvalue weighted by atomic mass is 9.85. The van der Waals surface area contributed by atoms with Gasteiger partial charge in [-0.1, -0.05) is 72.8 Å². The largest absolute Gasteiger partial charge is 0.0622 e. The van der Waals surface area contributed by atoms with E-state index in [0.29, 0.717) is 0 Å². The van der Waals surface area contributed by atoms with Crippen LogP contribution >= 0.6 is 0 Å². The van der Waals surface area contributed by atoms with Gasteiger partial charge < -0.3 is 0 Å². The predicted octanol–water partition coefficient (Wildman–Crippen LogP) is 5.53. The van der Waals surface area contributed by atoms with Gasteiger partial charge in [0.2, 0.25) is 0 Å². The minimum absolute atomic E-state index is 1.10. The van der Waals surface area contributed by atoms with E-state index >= 15 is 0 Å². The van der Waals surface area contributed by atoms with Crippen LogP contribution in [0, 0.1) is 0 Å². The molecule has 0 aliphatic heterocycles. The Morgan fingerprint density at radius 3 is 2.17 bits per heavy atom. The van der Waals surface area contributed by atoms with E-state index in [2.05, 4.69) is 72.8 Å². The van der Waals surface area contributed by atoms with Gasteiger partial charge in [0.1, 0.15) is 0 Å². The van der Waals surface area contributed by atoms with Gasteiger partial charge in [-0.3, -0.25) is 0 Å². The van der Waals surface area contributed by atoms with Gasteiger partial charge in [0.25, 0.3) is 0 Å². The van der Waals surface area contributed by atoms with E-state index in [9.17, 15) is 0 Å². The number of hydrogen-bond acceptors (Lipinski definition) is 0. The molecule has 2 aliphatic rings. The zero-order chi connectivity index (χ0) is 15.2. The summed E-state index contributed by atoms with van der Waals surface area (Å²) in [5.74, 6) is 0. The lowest BCUT2D eigenvalue weighted by Crippen LogP contribution is -2.03. The Labute approximate surface area is 137 Å². The van der Waals surface area contributed by atoms with Gasteiger partial charge in [-0.2, -0.15) is 0 Å². The van der Waals surface area contributed by atoms with Crippen LogP contribution in [0.3, 0.4) is 0 Å². The maximum absolute atomic E-state index is 2.39. The molecule has 0 heteroatoms. The van der Waals surface area contributed by atoms with Gasteiger partial charge in [-0.25, -0.2) is 0 Å². The molecule has 23 heavy (non-hydrogen) atoms. The maximum atomic E-state index is 2.39. The zero-order valence-corrected chi connectivity index (χ0v) is 13.0. The molecule has 0 saturated heterocycles. The Bertz CT molecular complexity index is 930. The van der Waals surface area contributed by atoms with Gasteiger partial charge in [-0.05, 0) is 63.8 Å². The van der Waals surface area contributed by atoms with Gasteiger partial charge in [0.05, 0.1) is 0 Å². The fraction of sp³-hybridized carbons (Fsp3) is 0.130. The molecule has 3 aromatic carbocycles. The first-order valence-electron chi connectivity index (χ1n) is 8.38. The molecule has 0 unspecified atom stereocenters. The third kappa shape index (κ3) is 2.06. The van der Waals surface area contributed by atoms with Gasteiger partial charge >= 0.3 is 0 Å². The number of rotatable bonds is 2. The molecule has 0 N–H and O–H groups in total. The summed E-state index contributed by atoms with van der Waals surface area (Å²) in [6.07, 6.45) is 7.92. The summed E-state index contributed by atoms with van der Waals surface area (Å²) in [5.41, 5.74) is 11.8. The van der Waals surface area contributed by atoms with Crippen LogP contribution < -0.4 is 0 Å². The van der Waals surface area contributed by atoms with E-state index in [1.807, 2.05) is 0 Å². The van der Waals surface area contributed by atoms with Crippen molar-refractivity contribution in [2.45, 2.75) is 19.3 Å². The summed E-state index contributed by atoms with van der Waals surface area (Å²) in [7, 11) is 0. The SMILES string of the molecule is C(=C\c1cc2c3c(c1)Cc1cccc(c1-3)CC2)/c1ccccc1. The van der Waals surface area contributed by atoms with E-state index in [0.717, 1.165) is 6.42 Å². The Balaban J connectivity index is 1.59. The molecule has 0 amide bonds. The Morgan fingerprint density at radius 1 is 0.565 bits per heavy atom. The second kappa shape index (κ2) is 4.96. The molecule has 3 aromatic rings. The highest BCUT2D eigenvalue weighted by Crippen LogP contribution is 2.45. The second-order valence-corrected chi connectivity index (χ2v) is 6.59. The summed E-state index contributed by atoms with van der Waals surface area (Å²) in [6.45, 7) is 0. The fourth-order valence-electron chi connectivity index (χ4n) is 4.11. The van der Waals surface area contributed by atoms with E-state index in [1.54, 1.807) is 16.7 Å². The summed E-state index contributed by atoms with van der Waals surface area (Å²) < 4.78 is 0. The number of hydrogen-bond donors (Lipinski definition) is 0. The highest BCUT2D eigenvalue weighted by molar-refractivity contribution is 5.85. The zero-order valence-electron chi connectivity index (χ0n) is 13.0. The molecule has 0 aromatic heterocycles. The van der Waals surface area contributed by atoms with Crippen molar-refractivity contribution in [2.24, 2.45) is 0 Å². The summed E-state index contributed by atoms with van der Waals surface area (Å²) in [5, 5.41) is 0. The van der Waals surface area contributed by atoms with Crippen molar-refractivity contribution in [3.05, 3.63) is 94.0 Å². The van der Waals surface area contributed by atoms with Crippen LogP contribution in [-0.4, -0.2) is 0 Å². The second-order valence-electron chi connectivity index (χ2n) is 6.59. The molecule has 5 rings (SSSR count). The molecule has 0 spiro atoms. The average Bonchev–Trinajstić information content (AvgIpc) is 2.98. The summed E-state index contributed by atoms with van der Waals surface area (Å²) in [6, 6.07) is 22.1. The van der Waals surface area contributed by atoms with Gasteiger partial charge in [-0.15, -0.1) is 0 Å². The molecule has 2 aliphatic carbocycles. The lowest BCUT2D eigenvalue weighted by Gasteiger charge is -2.19. The molecule has 0 heterocycles. The van der Waals surface area contributed by atoms with E-state index in [-0.39, 0.29) is 0 Å². The smallest absolute Gasteiger partial charge is 0.00130 e. The van der Waals surface area contributed by atoms with Gasteiger partial charge in [0, 0.05) is 0 Å². The summed E-state index contributed by atoms with van der Waals surface area (Å²) in [4.78, 5) is 0. The van der Waals surface area contributed by atoms with Crippen LogP contribution in [0.4, 0.5) is 0 Å². The van der Waals surface area contributed by atoms with E-state index < -0.39 is 0 Å². The van der Waals surface area contributed by atoms with E-state index in [4.69, 9.17) is 0 Å². The molecule has 0 radical (unpaired) electrons. The topological polar surface area (TPSA) is 0 Å². The quantitative estimate of drug-likeness (QED) is 0.427. The highest BCUT2D eigenvalue weighted by Gasteiger charge is 2.27. The van der Waals surface area contributed by atoms with Crippen molar-refractivity contribution in [1.29, 1.82) is 0 Å². The molecular weight excluding hydrogens is 276 g/mol. The molecule has 0 bridgehead atoms. The van der Waals surface area contributed by atoms with Crippen LogP contribution in [0.15, 0.2) is 60.7 Å². The monoisotopic (exact) mass is 294 g/mol. The van der Waals surface area contributed by atoms with Crippen LogP contribution in [0.1, 0.15) is 33.4 Å². The normalized spacial score (nSPS) is 14.3. The first-order valence-corrected chi connectivity index (χ1v) is 8.38. The van der Waals surface area contributed by atoms with E-state index in [1.165, 1.54) is 40.7 Å². The molecule has 0 atom stereocenters. The van der Waals surface area contributed by atoms with Crippen molar-refractivity contribution >= 4 is 12.2 Å². The fourth-order valence-corrected chi connectivity index (χ4v) is 4.11. The number of aryl methyl sites for hydroxylation is 2. The van der Waals surface area contributed by atoms with Gasteiger partial charge in [0.15, 0.2) is 0 Å². The molecular formula is C23H18. The van der Waals surface area contributed by atoms with Crippen molar-refractivity contribution < 1.29 is 0 Å². The Hall–Kier alpha value is -2.60. The van der Waals surface area contributed by atoms with Crippen LogP contribution in [-0.2, 0) is 19.3 Å². The minimum Gasteiger partial charge on any atom is -0.0622 e. The number of benzene rings is 3. The van der Waals surface area contributed by atoms with Crippen LogP contribution in [0.5, 0.6) is 0 Å². The maximum Gasteiger partial charge on any atom is -0.00130 e. The highest BCUT2D eigenvalue weighted by atomic mass is 14.3. The molecule has 0 fully saturated rings. The Morgan fingerprint density at radius 2 is 1.26 bits per heavy atom. The first-order chi connectivity index (χ1) is 11.4. The van der Waals surface area contributed by atoms with Crippen molar-refractivity contribution in [3.8, 4) is 11.1 Å². The third-order valence-corrected chi connectivity index (χ3v) is 5.12. The van der Waals surface area contributed by atoms with Crippen molar-refractivity contribution in [2.75, 3.05) is 0 Å². The summed E-state index contributed by atoms with van der Waals surface area (Å²) >= 11 is 0. The van der Waals surface area contributed by atoms with Crippen molar-refractivity contribution in [3.63, 3.8) is 0 Å². The average molecular weight is 294 g/mol. The molecule has 110 valence electrons. The van der Waals surface area contributed by atoms with Crippen molar-refractivity contribution in [1.82, 2.24) is 0 Å². The van der Waals surface area contributed by atoms with Crippen LogP contribution in [0.25, 0.3) is 23.3 Å².